The van der Waals surface area contributed by atoms with Gasteiger partial charge in [-0.1, -0.05) is 28.5 Å². The Bertz CT molecular complexity index is 509. The Kier molecular flexibility index (Phi) is 2.42. The number of carbonyl (C=O) groups is 1. The van der Waals surface area contributed by atoms with Crippen molar-refractivity contribution in [2.24, 2.45) is 0 Å². The van der Waals surface area contributed by atoms with Gasteiger partial charge in [0.15, 0.2) is 5.82 Å². The minimum absolute atomic E-state index is 0.0357. The fourth-order valence-electron chi connectivity index (χ4n) is 1.19. The van der Waals surface area contributed by atoms with Crippen molar-refractivity contribution in [3.63, 3.8) is 0 Å². The first-order valence-corrected chi connectivity index (χ1v) is 4.36. The summed E-state index contributed by atoms with van der Waals surface area (Å²) < 4.78 is 5.63. The lowest BCUT2D eigenvalue weighted by atomic mass is 10.3. The monoisotopic (exact) mass is 220 g/mol. The van der Waals surface area contributed by atoms with E-state index in [1.807, 2.05) is 6.07 Å². The Morgan fingerprint density at radius 3 is 2.69 bits per heavy atom. The molecule has 0 spiro atoms. The van der Waals surface area contributed by atoms with Crippen LogP contribution < -0.4 is 10.5 Å². The molecular formula is C9H8N4O3. The highest BCUT2D eigenvalue weighted by atomic mass is 16.7. The summed E-state index contributed by atoms with van der Waals surface area (Å²) >= 11 is 0. The average Bonchev–Trinajstić information content (AvgIpc) is 2.61. The topological polar surface area (TPSA) is 103 Å². The molecule has 0 unspecified atom stereocenters. The van der Waals surface area contributed by atoms with Gasteiger partial charge in [-0.05, 0) is 12.1 Å². The van der Waals surface area contributed by atoms with Gasteiger partial charge in [0.1, 0.15) is 0 Å². The molecule has 0 aliphatic rings. The van der Waals surface area contributed by atoms with Crippen LogP contribution in [0.5, 0.6) is 5.88 Å². The zero-order valence-electron chi connectivity index (χ0n) is 8.07. The lowest BCUT2D eigenvalue weighted by Gasteiger charge is -2.01. The van der Waals surface area contributed by atoms with E-state index in [9.17, 15) is 4.79 Å². The Morgan fingerprint density at radius 2 is 2.06 bits per heavy atom. The van der Waals surface area contributed by atoms with Crippen molar-refractivity contribution in [2.75, 3.05) is 5.73 Å². The summed E-state index contributed by atoms with van der Waals surface area (Å²) in [7, 11) is 0. The highest BCUT2D eigenvalue weighted by molar-refractivity contribution is 5.63. The minimum atomic E-state index is -1.48. The van der Waals surface area contributed by atoms with Gasteiger partial charge in [-0.15, -0.1) is 0 Å². The van der Waals surface area contributed by atoms with E-state index in [1.165, 1.54) is 4.68 Å². The van der Waals surface area contributed by atoms with Gasteiger partial charge < -0.3 is 15.6 Å². The molecule has 0 bridgehead atoms. The number of aromatic nitrogens is 3. The summed E-state index contributed by atoms with van der Waals surface area (Å²) in [5.41, 5.74) is 6.31. The van der Waals surface area contributed by atoms with Crippen molar-refractivity contribution in [1.82, 2.24) is 15.0 Å². The predicted octanol–water partition coefficient (Wildman–Crippen LogP) is 0.906. The van der Waals surface area contributed by atoms with Crippen LogP contribution in [-0.2, 0) is 0 Å². The number of nitrogens with two attached hydrogens (primary N) is 1. The van der Waals surface area contributed by atoms with Crippen LogP contribution in [0.1, 0.15) is 0 Å². The molecule has 0 saturated heterocycles. The lowest BCUT2D eigenvalue weighted by molar-refractivity contribution is 0.143. The molecule has 0 aliphatic heterocycles. The molecule has 7 heteroatoms. The largest absolute Gasteiger partial charge is 0.512 e. The van der Waals surface area contributed by atoms with Crippen LogP contribution in [-0.4, -0.2) is 26.3 Å². The summed E-state index contributed by atoms with van der Waals surface area (Å²) in [5.74, 6) is -0.190. The van der Waals surface area contributed by atoms with Gasteiger partial charge in [-0.3, -0.25) is 0 Å². The van der Waals surface area contributed by atoms with Gasteiger partial charge in [-0.25, -0.2) is 4.79 Å². The number of para-hydroxylation sites is 1. The summed E-state index contributed by atoms with van der Waals surface area (Å²) in [4.78, 5) is 10.3. The molecular weight excluding hydrogens is 212 g/mol. The normalized spacial score (nSPS) is 10.0. The second-order valence-corrected chi connectivity index (χ2v) is 2.90. The molecule has 1 heterocycles. The Morgan fingerprint density at radius 1 is 1.38 bits per heavy atom. The Hall–Kier alpha value is -2.57. The summed E-state index contributed by atoms with van der Waals surface area (Å²) in [6.45, 7) is 0. The van der Waals surface area contributed by atoms with Crippen molar-refractivity contribution < 1.29 is 14.6 Å². The molecule has 2 rings (SSSR count). The van der Waals surface area contributed by atoms with Gasteiger partial charge in [0, 0.05) is 0 Å². The van der Waals surface area contributed by atoms with Crippen molar-refractivity contribution >= 4 is 12.0 Å². The molecule has 2 aromatic rings. The van der Waals surface area contributed by atoms with Crippen LogP contribution in [0, 0.1) is 0 Å². The predicted molar refractivity (Wildman–Crippen MR) is 54.4 cm³/mol. The van der Waals surface area contributed by atoms with Gasteiger partial charge in [0.25, 0.3) is 5.88 Å². The summed E-state index contributed by atoms with van der Waals surface area (Å²) in [6.07, 6.45) is -1.48. The van der Waals surface area contributed by atoms with Crippen molar-refractivity contribution in [3.8, 4) is 11.6 Å². The number of ether oxygens (including phenoxy) is 1. The van der Waals surface area contributed by atoms with Gasteiger partial charge in [0.2, 0.25) is 0 Å². The van der Waals surface area contributed by atoms with E-state index >= 15 is 0 Å². The second kappa shape index (κ2) is 3.89. The Balaban J connectivity index is 2.37. The fourth-order valence-corrected chi connectivity index (χ4v) is 1.19. The SMILES string of the molecule is Nc1c(OC(=O)O)nnn1-c1ccccc1. The van der Waals surface area contributed by atoms with E-state index in [-0.39, 0.29) is 11.7 Å². The number of benzene rings is 1. The van der Waals surface area contributed by atoms with Crippen LogP contribution >= 0.6 is 0 Å². The van der Waals surface area contributed by atoms with Crippen LogP contribution in [0.4, 0.5) is 10.6 Å². The second-order valence-electron chi connectivity index (χ2n) is 2.90. The third-order valence-electron chi connectivity index (χ3n) is 1.86. The molecule has 7 nitrogen and oxygen atoms in total. The first-order chi connectivity index (χ1) is 7.68. The highest BCUT2D eigenvalue weighted by Crippen LogP contribution is 2.20. The zero-order chi connectivity index (χ0) is 11.5. The minimum Gasteiger partial charge on any atom is -0.449 e. The highest BCUT2D eigenvalue weighted by Gasteiger charge is 2.14. The third-order valence-corrected chi connectivity index (χ3v) is 1.86. The molecule has 1 aromatic carbocycles. The number of anilines is 1. The van der Waals surface area contributed by atoms with E-state index in [1.54, 1.807) is 24.3 Å². The van der Waals surface area contributed by atoms with Crippen molar-refractivity contribution in [2.45, 2.75) is 0 Å². The number of rotatable bonds is 2. The van der Waals surface area contributed by atoms with E-state index in [0.29, 0.717) is 5.69 Å². The van der Waals surface area contributed by atoms with Gasteiger partial charge >= 0.3 is 6.16 Å². The van der Waals surface area contributed by atoms with E-state index in [4.69, 9.17) is 10.8 Å². The van der Waals surface area contributed by atoms with Crippen LogP contribution in [0.3, 0.4) is 0 Å². The van der Waals surface area contributed by atoms with Crippen molar-refractivity contribution in [3.05, 3.63) is 30.3 Å². The smallest absolute Gasteiger partial charge is 0.449 e. The van der Waals surface area contributed by atoms with E-state index < -0.39 is 6.16 Å². The molecule has 1 aromatic heterocycles. The number of hydrogen-bond acceptors (Lipinski definition) is 5. The van der Waals surface area contributed by atoms with Crippen LogP contribution in [0.25, 0.3) is 5.69 Å². The molecule has 0 radical (unpaired) electrons. The maximum atomic E-state index is 10.3. The summed E-state index contributed by atoms with van der Waals surface area (Å²) in [5, 5.41) is 15.6. The van der Waals surface area contributed by atoms with Gasteiger partial charge in [-0.2, -0.15) is 4.68 Å². The molecule has 16 heavy (non-hydrogen) atoms. The quantitative estimate of drug-likeness (QED) is 0.729. The molecule has 3 N–H and O–H groups in total. The molecule has 0 atom stereocenters. The van der Waals surface area contributed by atoms with E-state index in [2.05, 4.69) is 15.0 Å². The fraction of sp³-hybridized carbons (Fsp3) is 0. The standard InChI is InChI=1S/C9H8N4O3/c10-7-8(16-9(14)15)11-12-13(7)6-4-2-1-3-5-6/h1-5H,10H2,(H,14,15). The van der Waals surface area contributed by atoms with E-state index in [0.717, 1.165) is 0 Å². The molecule has 0 saturated carbocycles. The zero-order valence-corrected chi connectivity index (χ0v) is 8.07. The molecule has 0 aliphatic carbocycles. The first-order valence-electron chi connectivity index (χ1n) is 4.36. The average molecular weight is 220 g/mol. The first kappa shape index (κ1) is 9.97. The molecule has 82 valence electrons. The number of carboxylic acid groups (broad SMARTS) is 1. The maximum Gasteiger partial charge on any atom is 0.512 e. The number of hydrogen-bond donors (Lipinski definition) is 2. The summed E-state index contributed by atoms with van der Waals surface area (Å²) in [6, 6.07) is 8.96. The Labute approximate surface area is 90.1 Å². The third kappa shape index (κ3) is 1.78. The molecule has 0 fully saturated rings. The number of nitrogens with zero attached hydrogens (tertiary/aromatic N) is 3. The van der Waals surface area contributed by atoms with Crippen molar-refractivity contribution in [1.29, 1.82) is 0 Å². The maximum absolute atomic E-state index is 10.3. The molecule has 0 amide bonds. The van der Waals surface area contributed by atoms with Crippen LogP contribution in [0.15, 0.2) is 30.3 Å². The van der Waals surface area contributed by atoms with Gasteiger partial charge in [0.05, 0.1) is 5.69 Å². The lowest BCUT2D eigenvalue weighted by Crippen LogP contribution is -2.06. The number of nitrogen functional groups attached to an aromatic ring is 1. The van der Waals surface area contributed by atoms with Crippen LogP contribution in [0.2, 0.25) is 0 Å².